The van der Waals surface area contributed by atoms with E-state index < -0.39 is 0 Å². The van der Waals surface area contributed by atoms with E-state index in [0.29, 0.717) is 5.95 Å². The molecule has 2 heterocycles. The van der Waals surface area contributed by atoms with E-state index >= 15 is 0 Å². The summed E-state index contributed by atoms with van der Waals surface area (Å²) in [5.74, 6) is 2.42. The molecule has 5 heteroatoms. The minimum atomic E-state index is 0.658. The molecule has 0 aromatic carbocycles. The van der Waals surface area contributed by atoms with Crippen LogP contribution in [-0.4, -0.2) is 26.1 Å². The zero-order valence-electron chi connectivity index (χ0n) is 9.73. The normalized spacial score (nSPS) is 10.4. The molecule has 16 heavy (non-hydrogen) atoms. The third kappa shape index (κ3) is 2.03. The second kappa shape index (κ2) is 4.30. The van der Waals surface area contributed by atoms with Crippen molar-refractivity contribution in [2.45, 2.75) is 20.8 Å². The molecule has 2 aromatic heterocycles. The van der Waals surface area contributed by atoms with Crippen molar-refractivity contribution in [3.8, 4) is 5.82 Å². The van der Waals surface area contributed by atoms with Crippen LogP contribution in [0, 0.1) is 13.8 Å². The minimum absolute atomic E-state index is 0.658. The molecule has 0 saturated carbocycles. The van der Waals surface area contributed by atoms with E-state index in [0.717, 1.165) is 23.9 Å². The van der Waals surface area contributed by atoms with Gasteiger partial charge in [-0.2, -0.15) is 4.98 Å². The van der Waals surface area contributed by atoms with E-state index in [1.54, 1.807) is 6.20 Å². The third-order valence-electron chi connectivity index (χ3n) is 2.25. The average Bonchev–Trinajstić information content (AvgIpc) is 2.64. The van der Waals surface area contributed by atoms with Crippen LogP contribution in [-0.2, 0) is 0 Å². The minimum Gasteiger partial charge on any atom is -0.354 e. The Morgan fingerprint density at radius 2 is 2.12 bits per heavy atom. The number of nitrogens with one attached hydrogen (secondary N) is 1. The van der Waals surface area contributed by atoms with Gasteiger partial charge in [-0.15, -0.1) is 0 Å². The molecule has 0 aliphatic carbocycles. The Labute approximate surface area is 94.6 Å². The highest BCUT2D eigenvalue weighted by Crippen LogP contribution is 2.11. The molecular weight excluding hydrogens is 202 g/mol. The Balaban J connectivity index is 2.45. The average molecular weight is 217 g/mol. The van der Waals surface area contributed by atoms with E-state index in [9.17, 15) is 0 Å². The van der Waals surface area contributed by atoms with Gasteiger partial charge in [0.2, 0.25) is 5.95 Å². The highest BCUT2D eigenvalue weighted by molar-refractivity contribution is 5.35. The van der Waals surface area contributed by atoms with Crippen molar-refractivity contribution in [1.29, 1.82) is 0 Å². The highest BCUT2D eigenvalue weighted by Gasteiger charge is 2.05. The summed E-state index contributed by atoms with van der Waals surface area (Å²) in [6, 6.07) is 1.94. The van der Waals surface area contributed by atoms with Crippen molar-refractivity contribution in [2.75, 3.05) is 11.9 Å². The molecule has 0 aliphatic rings. The molecule has 0 unspecified atom stereocenters. The maximum atomic E-state index is 4.43. The second-order valence-corrected chi connectivity index (χ2v) is 3.57. The summed E-state index contributed by atoms with van der Waals surface area (Å²) in [6.45, 7) is 6.74. The van der Waals surface area contributed by atoms with Gasteiger partial charge in [0.15, 0.2) is 0 Å². The van der Waals surface area contributed by atoms with Gasteiger partial charge in [0.25, 0.3) is 0 Å². The van der Waals surface area contributed by atoms with E-state index in [2.05, 4.69) is 20.3 Å². The SMILES string of the molecule is CCNc1nc(C)cc(-n2ccnc2C)n1. The number of nitrogens with zero attached hydrogens (tertiary/aromatic N) is 4. The molecule has 0 bridgehead atoms. The van der Waals surface area contributed by atoms with Crippen LogP contribution in [0.1, 0.15) is 18.4 Å². The number of aromatic nitrogens is 4. The molecule has 2 aromatic rings. The number of anilines is 1. The van der Waals surface area contributed by atoms with E-state index in [1.807, 2.05) is 37.6 Å². The Kier molecular flexibility index (Phi) is 2.85. The number of rotatable bonds is 3. The lowest BCUT2D eigenvalue weighted by atomic mass is 10.4. The largest absolute Gasteiger partial charge is 0.354 e. The zero-order valence-corrected chi connectivity index (χ0v) is 9.73. The Morgan fingerprint density at radius 3 is 2.75 bits per heavy atom. The van der Waals surface area contributed by atoms with Gasteiger partial charge >= 0.3 is 0 Å². The van der Waals surface area contributed by atoms with E-state index in [-0.39, 0.29) is 0 Å². The smallest absolute Gasteiger partial charge is 0.224 e. The summed E-state index contributed by atoms with van der Waals surface area (Å²) in [6.07, 6.45) is 3.66. The van der Waals surface area contributed by atoms with Crippen LogP contribution >= 0.6 is 0 Å². The van der Waals surface area contributed by atoms with Gasteiger partial charge in [0.05, 0.1) is 0 Å². The summed E-state index contributed by atoms with van der Waals surface area (Å²) in [5, 5.41) is 3.11. The van der Waals surface area contributed by atoms with Crippen molar-refractivity contribution in [1.82, 2.24) is 19.5 Å². The quantitative estimate of drug-likeness (QED) is 0.850. The highest BCUT2D eigenvalue weighted by atomic mass is 15.2. The molecule has 1 N–H and O–H groups in total. The number of aryl methyl sites for hydroxylation is 2. The van der Waals surface area contributed by atoms with Crippen LogP contribution in [0.4, 0.5) is 5.95 Å². The van der Waals surface area contributed by atoms with Gasteiger partial charge < -0.3 is 5.32 Å². The van der Waals surface area contributed by atoms with Crippen LogP contribution in [0.3, 0.4) is 0 Å². The molecule has 0 amide bonds. The third-order valence-corrected chi connectivity index (χ3v) is 2.25. The van der Waals surface area contributed by atoms with Crippen molar-refractivity contribution >= 4 is 5.95 Å². The lowest BCUT2D eigenvalue weighted by Crippen LogP contribution is -2.07. The Morgan fingerprint density at radius 1 is 1.31 bits per heavy atom. The number of hydrogen-bond donors (Lipinski definition) is 1. The predicted octanol–water partition coefficient (Wildman–Crippen LogP) is 1.71. The summed E-state index contributed by atoms with van der Waals surface area (Å²) in [4.78, 5) is 12.9. The first-order valence-electron chi connectivity index (χ1n) is 5.30. The molecule has 0 radical (unpaired) electrons. The fourth-order valence-electron chi connectivity index (χ4n) is 1.53. The molecule has 0 fully saturated rings. The summed E-state index contributed by atoms with van der Waals surface area (Å²) in [5.41, 5.74) is 0.939. The van der Waals surface area contributed by atoms with Gasteiger partial charge in [-0.1, -0.05) is 0 Å². The molecule has 0 spiro atoms. The van der Waals surface area contributed by atoms with Crippen molar-refractivity contribution in [3.05, 3.63) is 30.0 Å². The summed E-state index contributed by atoms with van der Waals surface area (Å²) >= 11 is 0. The first-order chi connectivity index (χ1) is 7.70. The van der Waals surface area contributed by atoms with Gasteiger partial charge in [-0.25, -0.2) is 9.97 Å². The van der Waals surface area contributed by atoms with Crippen molar-refractivity contribution in [2.24, 2.45) is 0 Å². The standard InChI is InChI=1S/C11H15N5/c1-4-12-11-14-8(2)7-10(15-11)16-6-5-13-9(16)3/h5-7H,4H2,1-3H3,(H,12,14,15). The summed E-state index contributed by atoms with van der Waals surface area (Å²) in [7, 11) is 0. The maximum absolute atomic E-state index is 4.43. The van der Waals surface area contributed by atoms with Crippen LogP contribution in [0.5, 0.6) is 0 Å². The van der Waals surface area contributed by atoms with Crippen LogP contribution in [0.2, 0.25) is 0 Å². The van der Waals surface area contributed by atoms with Gasteiger partial charge in [-0.05, 0) is 20.8 Å². The molecule has 0 aliphatic heterocycles. The molecule has 0 atom stereocenters. The van der Waals surface area contributed by atoms with Gasteiger partial charge in [0, 0.05) is 30.7 Å². The molecule has 0 saturated heterocycles. The van der Waals surface area contributed by atoms with Crippen LogP contribution < -0.4 is 5.32 Å². The van der Waals surface area contributed by atoms with Crippen molar-refractivity contribution < 1.29 is 0 Å². The molecular formula is C11H15N5. The van der Waals surface area contributed by atoms with Gasteiger partial charge in [-0.3, -0.25) is 4.57 Å². The maximum Gasteiger partial charge on any atom is 0.224 e. The molecule has 5 nitrogen and oxygen atoms in total. The number of imidazole rings is 1. The first kappa shape index (κ1) is 10.6. The van der Waals surface area contributed by atoms with Crippen molar-refractivity contribution in [3.63, 3.8) is 0 Å². The lowest BCUT2D eigenvalue weighted by molar-refractivity contribution is 0.909. The predicted molar refractivity (Wildman–Crippen MR) is 62.8 cm³/mol. The van der Waals surface area contributed by atoms with E-state index in [4.69, 9.17) is 0 Å². The second-order valence-electron chi connectivity index (χ2n) is 3.57. The monoisotopic (exact) mass is 217 g/mol. The fourth-order valence-corrected chi connectivity index (χ4v) is 1.53. The number of hydrogen-bond acceptors (Lipinski definition) is 4. The fraction of sp³-hybridized carbons (Fsp3) is 0.364. The molecule has 84 valence electrons. The lowest BCUT2D eigenvalue weighted by Gasteiger charge is -2.08. The summed E-state index contributed by atoms with van der Waals surface area (Å²) < 4.78 is 1.94. The first-order valence-corrected chi connectivity index (χ1v) is 5.30. The topological polar surface area (TPSA) is 55.6 Å². The van der Waals surface area contributed by atoms with Crippen LogP contribution in [0.15, 0.2) is 18.5 Å². The molecule has 2 rings (SSSR count). The zero-order chi connectivity index (χ0) is 11.5. The Bertz CT molecular complexity index is 489. The van der Waals surface area contributed by atoms with Gasteiger partial charge in [0.1, 0.15) is 11.6 Å². The van der Waals surface area contributed by atoms with Crippen LogP contribution in [0.25, 0.3) is 5.82 Å². The van der Waals surface area contributed by atoms with E-state index in [1.165, 1.54) is 0 Å². The Hall–Kier alpha value is -1.91.